The number of anilines is 1. The molecule has 2 aromatic rings. The minimum absolute atomic E-state index is 0.173. The molecule has 1 aliphatic heterocycles. The van der Waals surface area contributed by atoms with Gasteiger partial charge in [0.25, 0.3) is 0 Å². The zero-order chi connectivity index (χ0) is 21.9. The number of aryl methyl sites for hydroxylation is 1. The average molecular weight is 446 g/mol. The topological polar surface area (TPSA) is 72.3 Å². The van der Waals surface area contributed by atoms with E-state index in [1.165, 1.54) is 31.5 Å². The maximum Gasteiger partial charge on any atom is 0.234 e. The van der Waals surface area contributed by atoms with Gasteiger partial charge in [-0.15, -0.1) is 0 Å². The molecule has 158 valence electrons. The quantitative estimate of drug-likeness (QED) is 0.680. The lowest BCUT2D eigenvalue weighted by Crippen LogP contribution is -2.18. The number of rotatable bonds is 6. The highest BCUT2D eigenvalue weighted by molar-refractivity contribution is 8.16. The summed E-state index contributed by atoms with van der Waals surface area (Å²) >= 11 is 7.53. The predicted octanol–water partition coefficient (Wildman–Crippen LogP) is 4.97. The van der Waals surface area contributed by atoms with E-state index in [9.17, 15) is 4.79 Å². The predicted molar refractivity (Wildman–Crippen MR) is 125 cm³/mol. The first kappa shape index (κ1) is 22.2. The minimum atomic E-state index is -0.550. The van der Waals surface area contributed by atoms with Gasteiger partial charge in [-0.25, -0.2) is 4.99 Å². The van der Waals surface area contributed by atoms with Crippen molar-refractivity contribution in [1.29, 1.82) is 0 Å². The van der Waals surface area contributed by atoms with E-state index in [1.807, 2.05) is 45.0 Å². The fourth-order valence-electron chi connectivity index (χ4n) is 2.93. The Morgan fingerprint density at radius 2 is 1.77 bits per heavy atom. The third-order valence-corrected chi connectivity index (χ3v) is 5.64. The van der Waals surface area contributed by atoms with Gasteiger partial charge in [0.1, 0.15) is 22.2 Å². The molecule has 1 heterocycles. The van der Waals surface area contributed by atoms with Crippen molar-refractivity contribution >= 4 is 45.7 Å². The molecule has 0 bridgehead atoms. The Balaban J connectivity index is 1.72. The van der Waals surface area contributed by atoms with Gasteiger partial charge in [-0.2, -0.15) is 0 Å². The molecule has 1 N–H and O–H groups in total. The minimum Gasteiger partial charge on any atom is -0.495 e. The van der Waals surface area contributed by atoms with Crippen molar-refractivity contribution in [2.75, 3.05) is 25.3 Å². The Bertz CT molecular complexity index is 1020. The fourth-order valence-corrected chi connectivity index (χ4v) is 4.09. The molecule has 2 aromatic carbocycles. The molecule has 6 nitrogen and oxygen atoms in total. The maximum atomic E-state index is 12.6. The number of thioether (sulfide) groups is 1. The number of hydrogen-bond donors (Lipinski definition) is 1. The van der Waals surface area contributed by atoms with Crippen LogP contribution in [0.3, 0.4) is 0 Å². The summed E-state index contributed by atoms with van der Waals surface area (Å²) in [7, 11) is 3.04. The highest BCUT2D eigenvalue weighted by atomic mass is 35.5. The summed E-state index contributed by atoms with van der Waals surface area (Å²) < 4.78 is 10.5. The molecule has 0 aliphatic carbocycles. The largest absolute Gasteiger partial charge is 0.495 e. The molecule has 0 aromatic heterocycles. The SMILES string of the molecule is COc1cc(OC)c(NC(=O)CSC2=NC(C)(C)N=C2c2ccc(C)cc2)cc1Cl. The van der Waals surface area contributed by atoms with Crippen LogP contribution in [-0.2, 0) is 4.79 Å². The van der Waals surface area contributed by atoms with Crippen LogP contribution >= 0.6 is 23.4 Å². The molecule has 8 heteroatoms. The van der Waals surface area contributed by atoms with E-state index in [4.69, 9.17) is 26.1 Å². The summed E-state index contributed by atoms with van der Waals surface area (Å²) in [5, 5.41) is 3.98. The Morgan fingerprint density at radius 3 is 2.40 bits per heavy atom. The van der Waals surface area contributed by atoms with Crippen molar-refractivity contribution in [3.05, 3.63) is 52.5 Å². The van der Waals surface area contributed by atoms with Crippen LogP contribution in [-0.4, -0.2) is 42.3 Å². The third-order valence-electron chi connectivity index (χ3n) is 4.38. The maximum absolute atomic E-state index is 12.6. The van der Waals surface area contributed by atoms with Crippen molar-refractivity contribution in [2.24, 2.45) is 9.98 Å². The molecule has 30 heavy (non-hydrogen) atoms. The van der Waals surface area contributed by atoms with Gasteiger partial charge in [0, 0.05) is 11.6 Å². The molecule has 0 radical (unpaired) electrons. The first-order valence-electron chi connectivity index (χ1n) is 9.33. The van der Waals surface area contributed by atoms with Gasteiger partial charge in [0.2, 0.25) is 5.91 Å². The van der Waals surface area contributed by atoms with Crippen molar-refractivity contribution in [3.63, 3.8) is 0 Å². The van der Waals surface area contributed by atoms with Gasteiger partial charge in [-0.05, 0) is 26.8 Å². The Morgan fingerprint density at radius 1 is 1.10 bits per heavy atom. The standard InChI is InChI=1S/C22H24ClN3O3S/c1-13-6-8-14(9-7-13)20-21(26-22(2,3)25-20)30-12-19(27)24-16-10-15(23)17(28-4)11-18(16)29-5/h6-11H,12H2,1-5H3,(H,24,27). The number of halogens is 1. The van der Waals surface area contributed by atoms with Gasteiger partial charge in [-0.1, -0.05) is 53.2 Å². The van der Waals surface area contributed by atoms with Crippen LogP contribution in [0.2, 0.25) is 5.02 Å². The molecule has 1 aliphatic rings. The third kappa shape index (κ3) is 5.15. The highest BCUT2D eigenvalue weighted by Crippen LogP contribution is 2.36. The molecular formula is C22H24ClN3O3S. The van der Waals surface area contributed by atoms with Crippen LogP contribution in [0.5, 0.6) is 11.5 Å². The zero-order valence-electron chi connectivity index (χ0n) is 17.6. The van der Waals surface area contributed by atoms with E-state index in [1.54, 1.807) is 12.1 Å². The summed E-state index contributed by atoms with van der Waals surface area (Å²) in [6.07, 6.45) is 0. The zero-order valence-corrected chi connectivity index (χ0v) is 19.1. The summed E-state index contributed by atoms with van der Waals surface area (Å²) in [5.74, 6) is 0.917. The molecule has 0 spiro atoms. The van der Waals surface area contributed by atoms with Crippen molar-refractivity contribution in [1.82, 2.24) is 0 Å². The lowest BCUT2D eigenvalue weighted by atomic mass is 10.1. The van der Waals surface area contributed by atoms with Gasteiger partial charge in [0.15, 0.2) is 0 Å². The van der Waals surface area contributed by atoms with Crippen LogP contribution in [0.15, 0.2) is 46.4 Å². The Hall–Kier alpha value is -2.51. The number of methoxy groups -OCH3 is 2. The Kier molecular flexibility index (Phi) is 6.73. The van der Waals surface area contributed by atoms with E-state index in [2.05, 4.69) is 10.3 Å². The highest BCUT2D eigenvalue weighted by Gasteiger charge is 2.28. The summed E-state index contributed by atoms with van der Waals surface area (Å²) in [4.78, 5) is 22.0. The molecule has 0 saturated heterocycles. The first-order valence-corrected chi connectivity index (χ1v) is 10.7. The van der Waals surface area contributed by atoms with Gasteiger partial charge < -0.3 is 14.8 Å². The molecule has 0 fully saturated rings. The molecule has 0 saturated carbocycles. The Labute approximate surface area is 185 Å². The smallest absolute Gasteiger partial charge is 0.234 e. The number of carbonyl (C=O) groups is 1. The summed E-state index contributed by atoms with van der Waals surface area (Å²) in [5.41, 5.74) is 2.90. The normalized spacial score (nSPS) is 14.7. The fraction of sp³-hybridized carbons (Fsp3) is 0.318. The number of benzene rings is 2. The molecule has 1 amide bonds. The monoisotopic (exact) mass is 445 g/mol. The number of ether oxygens (including phenoxy) is 2. The summed E-state index contributed by atoms with van der Waals surface area (Å²) in [6, 6.07) is 11.4. The second-order valence-corrected chi connectivity index (χ2v) is 8.63. The number of nitrogens with zero attached hydrogens (tertiary/aromatic N) is 2. The van der Waals surface area contributed by atoms with Gasteiger partial charge in [0.05, 0.1) is 36.4 Å². The average Bonchev–Trinajstić information content (AvgIpc) is 3.02. The van der Waals surface area contributed by atoms with Crippen LogP contribution in [0, 0.1) is 6.92 Å². The number of amides is 1. The van der Waals surface area contributed by atoms with Crippen LogP contribution in [0.25, 0.3) is 0 Å². The van der Waals surface area contributed by atoms with E-state index in [0.29, 0.717) is 22.2 Å². The van der Waals surface area contributed by atoms with E-state index < -0.39 is 5.66 Å². The lowest BCUT2D eigenvalue weighted by molar-refractivity contribution is -0.113. The van der Waals surface area contributed by atoms with E-state index >= 15 is 0 Å². The summed E-state index contributed by atoms with van der Waals surface area (Å²) in [6.45, 7) is 5.93. The van der Waals surface area contributed by atoms with Gasteiger partial charge >= 0.3 is 0 Å². The number of carbonyl (C=O) groups excluding carboxylic acids is 1. The molecule has 3 rings (SSSR count). The molecular weight excluding hydrogens is 422 g/mol. The number of nitrogens with one attached hydrogen (secondary N) is 1. The number of aliphatic imine (C=N–C) groups is 2. The van der Waals surface area contributed by atoms with Gasteiger partial charge in [-0.3, -0.25) is 9.79 Å². The van der Waals surface area contributed by atoms with Crippen molar-refractivity contribution < 1.29 is 14.3 Å². The van der Waals surface area contributed by atoms with Crippen LogP contribution in [0.4, 0.5) is 5.69 Å². The number of hydrogen-bond acceptors (Lipinski definition) is 6. The molecule has 0 unspecified atom stereocenters. The van der Waals surface area contributed by atoms with Crippen molar-refractivity contribution in [2.45, 2.75) is 26.4 Å². The molecule has 0 atom stereocenters. The van der Waals surface area contributed by atoms with Crippen LogP contribution < -0.4 is 14.8 Å². The second-order valence-electron chi connectivity index (χ2n) is 7.26. The van der Waals surface area contributed by atoms with Crippen LogP contribution in [0.1, 0.15) is 25.0 Å². The van der Waals surface area contributed by atoms with E-state index in [0.717, 1.165) is 16.3 Å². The van der Waals surface area contributed by atoms with E-state index in [-0.39, 0.29) is 11.7 Å². The lowest BCUT2D eigenvalue weighted by Gasteiger charge is -2.13. The van der Waals surface area contributed by atoms with Crippen molar-refractivity contribution in [3.8, 4) is 11.5 Å². The second kappa shape index (κ2) is 9.10. The first-order chi connectivity index (χ1) is 14.2.